The molecule has 0 unspecified atom stereocenters. The van der Waals surface area contributed by atoms with Crippen molar-refractivity contribution in [3.05, 3.63) is 41.4 Å². The van der Waals surface area contributed by atoms with E-state index < -0.39 is 0 Å². The lowest BCUT2D eigenvalue weighted by Gasteiger charge is -2.34. The summed E-state index contributed by atoms with van der Waals surface area (Å²) >= 11 is 0. The number of aliphatic hydroxyl groups excluding tert-OH is 1. The van der Waals surface area contributed by atoms with Gasteiger partial charge in [0.1, 0.15) is 5.82 Å². The van der Waals surface area contributed by atoms with Crippen molar-refractivity contribution in [1.82, 2.24) is 5.32 Å². The number of carbonyl (C=O) groups excluding carboxylic acids is 1. The monoisotopic (exact) mass is 348 g/mol. The number of amides is 1. The molecule has 0 bridgehead atoms. The van der Waals surface area contributed by atoms with Gasteiger partial charge in [0.25, 0.3) is 5.91 Å². The van der Waals surface area contributed by atoms with Gasteiger partial charge in [0.15, 0.2) is 0 Å². The van der Waals surface area contributed by atoms with Crippen molar-refractivity contribution in [3.8, 4) is 0 Å². The number of rotatable bonds is 4. The van der Waals surface area contributed by atoms with Gasteiger partial charge in [-0.1, -0.05) is 0 Å². The molecule has 2 N–H and O–H groups in total. The maximum Gasteiger partial charge on any atom is 0.250 e. The van der Waals surface area contributed by atoms with Gasteiger partial charge in [-0.05, 0) is 50.8 Å². The Morgan fingerprint density at radius 2 is 2.16 bits per heavy atom. The summed E-state index contributed by atoms with van der Waals surface area (Å²) in [5.41, 5.74) is 2.29. The van der Waals surface area contributed by atoms with E-state index in [1.807, 2.05) is 6.92 Å². The Kier molecular flexibility index (Phi) is 5.58. The van der Waals surface area contributed by atoms with Crippen LogP contribution >= 0.6 is 0 Å². The van der Waals surface area contributed by atoms with Gasteiger partial charge in [0.2, 0.25) is 0 Å². The van der Waals surface area contributed by atoms with Gasteiger partial charge in [0, 0.05) is 24.3 Å². The zero-order valence-electron chi connectivity index (χ0n) is 14.5. The van der Waals surface area contributed by atoms with Crippen LogP contribution in [0.1, 0.15) is 44.2 Å². The van der Waals surface area contributed by atoms with Gasteiger partial charge in [-0.25, -0.2) is 4.39 Å². The lowest BCUT2D eigenvalue weighted by Crippen LogP contribution is -2.37. The number of nitrogens with one attached hydrogen (secondary N) is 1. The van der Waals surface area contributed by atoms with Crippen molar-refractivity contribution in [2.45, 2.75) is 44.8 Å². The van der Waals surface area contributed by atoms with Gasteiger partial charge < -0.3 is 20.1 Å². The van der Waals surface area contributed by atoms with Crippen molar-refractivity contribution in [1.29, 1.82) is 0 Å². The highest BCUT2D eigenvalue weighted by molar-refractivity contribution is 5.93. The van der Waals surface area contributed by atoms with Crippen molar-refractivity contribution >= 4 is 11.6 Å². The first-order chi connectivity index (χ1) is 12.0. The van der Waals surface area contributed by atoms with E-state index in [2.05, 4.69) is 10.2 Å². The van der Waals surface area contributed by atoms with Crippen LogP contribution in [0, 0.1) is 5.82 Å². The number of piperidine rings is 1. The third-order valence-corrected chi connectivity index (χ3v) is 4.83. The molecule has 2 heterocycles. The van der Waals surface area contributed by atoms with Crippen LogP contribution in [0.4, 0.5) is 10.1 Å². The van der Waals surface area contributed by atoms with Crippen LogP contribution in [0.25, 0.3) is 0 Å². The zero-order valence-corrected chi connectivity index (χ0v) is 14.5. The highest BCUT2D eigenvalue weighted by Crippen LogP contribution is 2.30. The maximum atomic E-state index is 13.8. The Morgan fingerprint density at radius 3 is 2.84 bits per heavy atom. The molecule has 1 aromatic carbocycles. The topological polar surface area (TPSA) is 61.8 Å². The van der Waals surface area contributed by atoms with Gasteiger partial charge >= 0.3 is 0 Å². The summed E-state index contributed by atoms with van der Waals surface area (Å²) in [4.78, 5) is 14.5. The molecule has 136 valence electrons. The molecule has 0 radical (unpaired) electrons. The molecule has 25 heavy (non-hydrogen) atoms. The van der Waals surface area contributed by atoms with E-state index in [1.165, 1.54) is 18.4 Å². The largest absolute Gasteiger partial charge is 0.501 e. The number of ether oxygens (including phenoxy) is 1. The molecule has 0 spiro atoms. The normalized spacial score (nSPS) is 19.8. The molecule has 1 atom stereocenters. The Bertz CT molecular complexity index is 654. The Morgan fingerprint density at radius 1 is 1.40 bits per heavy atom. The van der Waals surface area contributed by atoms with Crippen LogP contribution in [0.3, 0.4) is 0 Å². The van der Waals surface area contributed by atoms with Gasteiger partial charge in [-0.3, -0.25) is 4.79 Å². The summed E-state index contributed by atoms with van der Waals surface area (Å²) in [6.07, 6.45) is 4.16. The molecule has 3 rings (SSSR count). The molecule has 1 aromatic rings. The SMILES string of the molecule is C[C@@H](NC(=O)C1=COCCC1)c1cc(F)ccc1N1CCC(O)CC1. The number of hydrogen-bond acceptors (Lipinski definition) is 4. The van der Waals surface area contributed by atoms with E-state index in [0.29, 0.717) is 31.4 Å². The maximum absolute atomic E-state index is 13.8. The van der Waals surface area contributed by atoms with E-state index in [9.17, 15) is 14.3 Å². The molecule has 1 fully saturated rings. The molecule has 0 saturated carbocycles. The zero-order chi connectivity index (χ0) is 17.8. The molecular formula is C19H25FN2O3. The lowest BCUT2D eigenvalue weighted by molar-refractivity contribution is -0.118. The number of aliphatic hydroxyl groups is 1. The van der Waals surface area contributed by atoms with Crippen LogP contribution in [0.5, 0.6) is 0 Å². The first-order valence-corrected chi connectivity index (χ1v) is 8.88. The van der Waals surface area contributed by atoms with E-state index >= 15 is 0 Å². The van der Waals surface area contributed by atoms with Gasteiger partial charge in [-0.2, -0.15) is 0 Å². The molecule has 2 aliphatic rings. The lowest BCUT2D eigenvalue weighted by atomic mass is 10.0. The first kappa shape index (κ1) is 17.7. The number of anilines is 1. The fourth-order valence-corrected chi connectivity index (χ4v) is 3.37. The molecule has 0 aliphatic carbocycles. The summed E-state index contributed by atoms with van der Waals surface area (Å²) in [5, 5.41) is 12.6. The molecule has 6 heteroatoms. The minimum Gasteiger partial charge on any atom is -0.501 e. The fraction of sp³-hybridized carbons (Fsp3) is 0.526. The highest BCUT2D eigenvalue weighted by Gasteiger charge is 2.23. The van der Waals surface area contributed by atoms with Crippen LogP contribution in [-0.4, -0.2) is 36.8 Å². The predicted molar refractivity (Wildman–Crippen MR) is 93.7 cm³/mol. The summed E-state index contributed by atoms with van der Waals surface area (Å²) in [5.74, 6) is -0.492. The van der Waals surface area contributed by atoms with Crippen LogP contribution in [0.2, 0.25) is 0 Å². The Balaban J connectivity index is 1.76. The molecule has 1 amide bonds. The minimum atomic E-state index is -0.326. The number of halogens is 1. The molecule has 2 aliphatic heterocycles. The average molecular weight is 348 g/mol. The smallest absolute Gasteiger partial charge is 0.250 e. The van der Waals surface area contributed by atoms with E-state index in [4.69, 9.17) is 4.74 Å². The molecule has 0 aromatic heterocycles. The molecule has 1 saturated heterocycles. The second-order valence-corrected chi connectivity index (χ2v) is 6.73. The van der Waals surface area contributed by atoms with E-state index in [1.54, 1.807) is 6.07 Å². The van der Waals surface area contributed by atoms with E-state index in [-0.39, 0.29) is 23.9 Å². The van der Waals surface area contributed by atoms with Crippen molar-refractivity contribution in [2.24, 2.45) is 0 Å². The molecular weight excluding hydrogens is 323 g/mol. The summed E-state index contributed by atoms with van der Waals surface area (Å²) < 4.78 is 19.1. The van der Waals surface area contributed by atoms with E-state index in [0.717, 1.165) is 30.8 Å². The van der Waals surface area contributed by atoms with Crippen molar-refractivity contribution < 1.29 is 19.0 Å². The summed E-state index contributed by atoms with van der Waals surface area (Å²) in [6.45, 7) is 3.94. The fourth-order valence-electron chi connectivity index (χ4n) is 3.37. The second-order valence-electron chi connectivity index (χ2n) is 6.73. The Labute approximate surface area is 147 Å². The second kappa shape index (κ2) is 7.87. The number of benzene rings is 1. The number of hydrogen-bond donors (Lipinski definition) is 2. The summed E-state index contributed by atoms with van der Waals surface area (Å²) in [6, 6.07) is 4.36. The summed E-state index contributed by atoms with van der Waals surface area (Å²) in [7, 11) is 0. The third-order valence-electron chi connectivity index (χ3n) is 4.83. The predicted octanol–water partition coefficient (Wildman–Crippen LogP) is 2.66. The number of nitrogens with zero attached hydrogens (tertiary/aromatic N) is 1. The average Bonchev–Trinajstić information content (AvgIpc) is 2.63. The quantitative estimate of drug-likeness (QED) is 0.878. The van der Waals surface area contributed by atoms with Crippen LogP contribution in [-0.2, 0) is 9.53 Å². The Hall–Kier alpha value is -2.08. The minimum absolute atomic E-state index is 0.170. The molecule has 5 nitrogen and oxygen atoms in total. The third kappa shape index (κ3) is 4.31. The highest BCUT2D eigenvalue weighted by atomic mass is 19.1. The van der Waals surface area contributed by atoms with Crippen LogP contribution < -0.4 is 10.2 Å². The van der Waals surface area contributed by atoms with Gasteiger partial charge in [-0.15, -0.1) is 0 Å². The van der Waals surface area contributed by atoms with Crippen LogP contribution in [0.15, 0.2) is 30.0 Å². The standard InChI is InChI=1S/C19H25FN2O3/c1-13(21-19(24)14-3-2-10-25-12-14)17-11-15(20)4-5-18(17)22-8-6-16(23)7-9-22/h4-5,11-13,16,23H,2-3,6-10H2,1H3,(H,21,24)/t13-/m1/s1. The first-order valence-electron chi connectivity index (χ1n) is 8.88. The number of carbonyl (C=O) groups is 1. The van der Waals surface area contributed by atoms with Gasteiger partial charge in [0.05, 0.1) is 30.6 Å². The van der Waals surface area contributed by atoms with Crippen molar-refractivity contribution in [3.63, 3.8) is 0 Å². The van der Waals surface area contributed by atoms with Crippen molar-refractivity contribution in [2.75, 3.05) is 24.6 Å².